The lowest BCUT2D eigenvalue weighted by Gasteiger charge is -2.33. The summed E-state index contributed by atoms with van der Waals surface area (Å²) in [5.41, 5.74) is 0. The van der Waals surface area contributed by atoms with E-state index in [-0.39, 0.29) is 18.1 Å². The fraction of sp³-hybridized carbons (Fsp3) is 0.909. The fourth-order valence-corrected chi connectivity index (χ4v) is 1.90. The van der Waals surface area contributed by atoms with Gasteiger partial charge in [-0.05, 0) is 32.7 Å². The van der Waals surface area contributed by atoms with E-state index in [0.717, 1.165) is 32.4 Å². The number of nitrogens with zero attached hydrogens (tertiary/aromatic N) is 1. The Morgan fingerprint density at radius 1 is 1.67 bits per heavy atom. The number of aliphatic hydroxyl groups is 1. The van der Waals surface area contributed by atoms with Crippen molar-refractivity contribution >= 4 is 5.91 Å². The number of likely N-dealkylation sites (tertiary alicyclic amines) is 1. The average molecular weight is 214 g/mol. The lowest BCUT2D eigenvalue weighted by Crippen LogP contribution is -2.50. The summed E-state index contributed by atoms with van der Waals surface area (Å²) in [5.74, 6) is 0.0750. The van der Waals surface area contributed by atoms with Gasteiger partial charge in [-0.25, -0.2) is 0 Å². The molecule has 0 spiro atoms. The van der Waals surface area contributed by atoms with Gasteiger partial charge in [0.2, 0.25) is 5.91 Å². The summed E-state index contributed by atoms with van der Waals surface area (Å²) in [6.07, 6.45) is 2.54. The van der Waals surface area contributed by atoms with Gasteiger partial charge >= 0.3 is 0 Å². The van der Waals surface area contributed by atoms with Crippen molar-refractivity contribution in [3.8, 4) is 0 Å². The molecule has 0 aromatic rings. The number of carbonyl (C=O) groups is 1. The van der Waals surface area contributed by atoms with Gasteiger partial charge in [-0.3, -0.25) is 9.69 Å². The van der Waals surface area contributed by atoms with E-state index in [4.69, 9.17) is 0 Å². The molecule has 1 aliphatic rings. The predicted molar refractivity (Wildman–Crippen MR) is 59.6 cm³/mol. The molecule has 0 aliphatic carbocycles. The SMILES string of the molecule is CCCNC(=O)C(C)N1CCC[C@H](O)C1. The third-order valence-electron chi connectivity index (χ3n) is 2.90. The number of carbonyl (C=O) groups excluding carboxylic acids is 1. The zero-order valence-corrected chi connectivity index (χ0v) is 9.70. The van der Waals surface area contributed by atoms with Crippen LogP contribution in [0.5, 0.6) is 0 Å². The molecule has 1 amide bonds. The van der Waals surface area contributed by atoms with E-state index in [1.807, 2.05) is 13.8 Å². The summed E-state index contributed by atoms with van der Waals surface area (Å²) >= 11 is 0. The number of nitrogens with one attached hydrogen (secondary N) is 1. The molecule has 1 fully saturated rings. The van der Waals surface area contributed by atoms with Crippen LogP contribution in [0.4, 0.5) is 0 Å². The minimum Gasteiger partial charge on any atom is -0.392 e. The van der Waals surface area contributed by atoms with E-state index < -0.39 is 0 Å². The van der Waals surface area contributed by atoms with Crippen molar-refractivity contribution in [1.29, 1.82) is 0 Å². The molecule has 1 heterocycles. The Balaban J connectivity index is 2.37. The third-order valence-corrected chi connectivity index (χ3v) is 2.90. The molecule has 0 bridgehead atoms. The zero-order chi connectivity index (χ0) is 11.3. The van der Waals surface area contributed by atoms with Crippen molar-refractivity contribution in [3.05, 3.63) is 0 Å². The van der Waals surface area contributed by atoms with Crippen LogP contribution < -0.4 is 5.32 Å². The largest absolute Gasteiger partial charge is 0.392 e. The molecule has 15 heavy (non-hydrogen) atoms. The van der Waals surface area contributed by atoms with Crippen LogP contribution in [0.1, 0.15) is 33.1 Å². The van der Waals surface area contributed by atoms with Crippen LogP contribution in [0, 0.1) is 0 Å². The van der Waals surface area contributed by atoms with Crippen molar-refractivity contribution < 1.29 is 9.90 Å². The zero-order valence-electron chi connectivity index (χ0n) is 9.70. The number of piperidine rings is 1. The first-order chi connectivity index (χ1) is 7.15. The molecular formula is C11H22N2O2. The van der Waals surface area contributed by atoms with Crippen molar-refractivity contribution in [1.82, 2.24) is 10.2 Å². The first-order valence-electron chi connectivity index (χ1n) is 5.85. The summed E-state index contributed by atoms with van der Waals surface area (Å²) in [7, 11) is 0. The van der Waals surface area contributed by atoms with Crippen LogP contribution in [0.15, 0.2) is 0 Å². The second kappa shape index (κ2) is 6.08. The molecular weight excluding hydrogens is 192 g/mol. The molecule has 4 heteroatoms. The maximum atomic E-state index is 11.7. The maximum absolute atomic E-state index is 11.7. The van der Waals surface area contributed by atoms with Crippen molar-refractivity contribution in [2.75, 3.05) is 19.6 Å². The fourth-order valence-electron chi connectivity index (χ4n) is 1.90. The summed E-state index contributed by atoms with van der Waals surface area (Å²) in [6, 6.07) is -0.119. The van der Waals surface area contributed by atoms with Crippen molar-refractivity contribution in [2.24, 2.45) is 0 Å². The van der Waals surface area contributed by atoms with Crippen LogP contribution in [-0.2, 0) is 4.79 Å². The molecule has 2 N–H and O–H groups in total. The second-order valence-corrected chi connectivity index (χ2v) is 4.26. The summed E-state index contributed by atoms with van der Waals surface area (Å²) in [4.78, 5) is 13.7. The molecule has 2 atom stereocenters. The molecule has 1 saturated heterocycles. The topological polar surface area (TPSA) is 52.6 Å². The van der Waals surface area contributed by atoms with E-state index >= 15 is 0 Å². The molecule has 0 aromatic heterocycles. The molecule has 1 unspecified atom stereocenters. The highest BCUT2D eigenvalue weighted by molar-refractivity contribution is 5.81. The molecule has 0 radical (unpaired) electrons. The average Bonchev–Trinajstić information content (AvgIpc) is 2.24. The van der Waals surface area contributed by atoms with Crippen LogP contribution in [0.25, 0.3) is 0 Å². The highest BCUT2D eigenvalue weighted by atomic mass is 16.3. The van der Waals surface area contributed by atoms with Gasteiger partial charge in [0.05, 0.1) is 12.1 Å². The van der Waals surface area contributed by atoms with Crippen molar-refractivity contribution in [3.63, 3.8) is 0 Å². The summed E-state index contributed by atoms with van der Waals surface area (Å²) in [6.45, 7) is 6.22. The van der Waals surface area contributed by atoms with Gasteiger partial charge in [-0.1, -0.05) is 6.92 Å². The minimum atomic E-state index is -0.264. The van der Waals surface area contributed by atoms with Crippen molar-refractivity contribution in [2.45, 2.75) is 45.3 Å². The molecule has 0 saturated carbocycles. The normalized spacial score (nSPS) is 24.9. The van der Waals surface area contributed by atoms with Gasteiger partial charge in [0.25, 0.3) is 0 Å². The first-order valence-corrected chi connectivity index (χ1v) is 5.85. The Morgan fingerprint density at radius 3 is 3.00 bits per heavy atom. The van der Waals surface area contributed by atoms with E-state index in [2.05, 4.69) is 10.2 Å². The third kappa shape index (κ3) is 3.80. The van der Waals surface area contributed by atoms with Gasteiger partial charge in [0, 0.05) is 13.1 Å². The van der Waals surface area contributed by atoms with Crippen LogP contribution >= 0.6 is 0 Å². The second-order valence-electron chi connectivity index (χ2n) is 4.26. The Bertz CT molecular complexity index is 209. The van der Waals surface area contributed by atoms with E-state index in [1.54, 1.807) is 0 Å². The van der Waals surface area contributed by atoms with Gasteiger partial charge in [0.15, 0.2) is 0 Å². The number of rotatable bonds is 4. The van der Waals surface area contributed by atoms with Gasteiger partial charge in [0.1, 0.15) is 0 Å². The molecule has 1 rings (SSSR count). The molecule has 88 valence electrons. The number of amides is 1. The highest BCUT2D eigenvalue weighted by Crippen LogP contribution is 2.12. The standard InChI is InChI=1S/C11H22N2O2/c1-3-6-12-11(15)9(2)13-7-4-5-10(14)8-13/h9-10,14H,3-8H2,1-2H3,(H,12,15)/t9?,10-/m0/s1. The quantitative estimate of drug-likeness (QED) is 0.710. The van der Waals surface area contributed by atoms with E-state index in [0.29, 0.717) is 6.54 Å². The minimum absolute atomic E-state index is 0.0750. The first kappa shape index (κ1) is 12.5. The Morgan fingerprint density at radius 2 is 2.40 bits per heavy atom. The van der Waals surface area contributed by atoms with Gasteiger partial charge in [-0.2, -0.15) is 0 Å². The van der Waals surface area contributed by atoms with Gasteiger partial charge in [-0.15, -0.1) is 0 Å². The van der Waals surface area contributed by atoms with Crippen LogP contribution in [-0.4, -0.2) is 47.7 Å². The molecule has 1 aliphatic heterocycles. The van der Waals surface area contributed by atoms with E-state index in [1.165, 1.54) is 0 Å². The van der Waals surface area contributed by atoms with Crippen LogP contribution in [0.3, 0.4) is 0 Å². The summed E-state index contributed by atoms with van der Waals surface area (Å²) < 4.78 is 0. The number of hydrogen-bond donors (Lipinski definition) is 2. The number of hydrogen-bond acceptors (Lipinski definition) is 3. The lowest BCUT2D eigenvalue weighted by molar-refractivity contribution is -0.126. The predicted octanol–water partition coefficient (Wildman–Crippen LogP) is 0.358. The monoisotopic (exact) mass is 214 g/mol. The van der Waals surface area contributed by atoms with Gasteiger partial charge < -0.3 is 10.4 Å². The molecule has 4 nitrogen and oxygen atoms in total. The summed E-state index contributed by atoms with van der Waals surface area (Å²) in [5, 5.41) is 12.4. The Labute approximate surface area is 91.6 Å². The smallest absolute Gasteiger partial charge is 0.237 e. The Kier molecular flexibility index (Phi) is 5.05. The Hall–Kier alpha value is -0.610. The lowest BCUT2D eigenvalue weighted by atomic mass is 10.1. The molecule has 0 aromatic carbocycles. The maximum Gasteiger partial charge on any atom is 0.237 e. The van der Waals surface area contributed by atoms with E-state index in [9.17, 15) is 9.90 Å². The number of aliphatic hydroxyl groups excluding tert-OH is 1. The van der Waals surface area contributed by atoms with Crippen LogP contribution in [0.2, 0.25) is 0 Å². The highest BCUT2D eigenvalue weighted by Gasteiger charge is 2.25. The number of β-amino-alcohol motifs (C(OH)–C–C–N with tert-alkyl or cyclic N) is 1.